The molecular weight excluding hydrogens is 399 g/mol. The van der Waals surface area contributed by atoms with Crippen LogP contribution in [0.4, 0.5) is 9.18 Å². The molecular formula is C19H19FN4O4S. The maximum Gasteiger partial charge on any atom is 0.349 e. The van der Waals surface area contributed by atoms with Crippen LogP contribution in [-0.2, 0) is 16.1 Å². The molecule has 10 heteroatoms. The van der Waals surface area contributed by atoms with Gasteiger partial charge in [0.2, 0.25) is 0 Å². The van der Waals surface area contributed by atoms with Gasteiger partial charge in [0.1, 0.15) is 15.5 Å². The Morgan fingerprint density at radius 2 is 1.97 bits per heavy atom. The highest BCUT2D eigenvalue weighted by atomic mass is 32.1. The Labute approximate surface area is 169 Å². The maximum absolute atomic E-state index is 13.1. The molecule has 8 nitrogen and oxygen atoms in total. The summed E-state index contributed by atoms with van der Waals surface area (Å²) in [4.78, 5) is 36.6. The predicted molar refractivity (Wildman–Crippen MR) is 105 cm³/mol. The molecule has 0 unspecified atom stereocenters. The van der Waals surface area contributed by atoms with Gasteiger partial charge in [0.05, 0.1) is 12.2 Å². The van der Waals surface area contributed by atoms with Crippen molar-refractivity contribution in [3.8, 4) is 0 Å². The van der Waals surface area contributed by atoms with Crippen molar-refractivity contribution < 1.29 is 23.5 Å². The molecule has 0 aliphatic heterocycles. The first-order valence-corrected chi connectivity index (χ1v) is 9.55. The lowest BCUT2D eigenvalue weighted by atomic mass is 10.2. The molecule has 0 aliphatic carbocycles. The van der Waals surface area contributed by atoms with Crippen LogP contribution in [0.1, 0.15) is 27.9 Å². The van der Waals surface area contributed by atoms with E-state index in [0.717, 1.165) is 21.5 Å². The number of aryl methyl sites for hydroxylation is 1. The summed E-state index contributed by atoms with van der Waals surface area (Å²) in [6.07, 6.45) is -1.14. The highest BCUT2D eigenvalue weighted by molar-refractivity contribution is 7.20. The Morgan fingerprint density at radius 1 is 1.28 bits per heavy atom. The first-order chi connectivity index (χ1) is 13.8. The fourth-order valence-corrected chi connectivity index (χ4v) is 3.68. The minimum absolute atomic E-state index is 0.313. The summed E-state index contributed by atoms with van der Waals surface area (Å²) in [6.45, 7) is 3.63. The van der Waals surface area contributed by atoms with Crippen molar-refractivity contribution in [2.75, 3.05) is 7.05 Å². The molecule has 0 saturated heterocycles. The van der Waals surface area contributed by atoms with Gasteiger partial charge >= 0.3 is 12.0 Å². The molecule has 0 radical (unpaired) electrons. The third-order valence-corrected chi connectivity index (χ3v) is 5.30. The van der Waals surface area contributed by atoms with Crippen molar-refractivity contribution in [2.45, 2.75) is 26.5 Å². The lowest BCUT2D eigenvalue weighted by Gasteiger charge is -2.11. The molecule has 0 saturated carbocycles. The number of aromatic nitrogens is 2. The standard InChI is InChI=1S/C19H19FN4O4S/c1-10-14-8-15(18(26)28-11(2)16(25)22-19(27)21-3)29-17(14)24(23-10)9-12-4-6-13(20)7-5-12/h4-8,11H,9H2,1-3H3,(H2,21,22,25,27)/t11-/m1/s1. The molecule has 2 aromatic heterocycles. The average Bonchev–Trinajstić information content (AvgIpc) is 3.25. The number of hydrogen-bond acceptors (Lipinski definition) is 6. The van der Waals surface area contributed by atoms with E-state index in [1.165, 1.54) is 37.4 Å². The highest BCUT2D eigenvalue weighted by Crippen LogP contribution is 2.29. The summed E-state index contributed by atoms with van der Waals surface area (Å²) < 4.78 is 20.0. The molecule has 3 amide bonds. The first kappa shape index (κ1) is 20.5. The number of fused-ring (bicyclic) bond motifs is 1. The second kappa shape index (κ2) is 8.39. The topological polar surface area (TPSA) is 102 Å². The minimum Gasteiger partial charge on any atom is -0.448 e. The number of rotatable bonds is 5. The summed E-state index contributed by atoms with van der Waals surface area (Å²) in [6, 6.07) is 7.09. The van der Waals surface area contributed by atoms with Crippen LogP contribution in [0, 0.1) is 12.7 Å². The van der Waals surface area contributed by atoms with E-state index < -0.39 is 24.0 Å². The van der Waals surface area contributed by atoms with Gasteiger partial charge in [-0.25, -0.2) is 14.0 Å². The summed E-state index contributed by atoms with van der Waals surface area (Å²) in [5, 5.41) is 9.57. The summed E-state index contributed by atoms with van der Waals surface area (Å²) in [5.74, 6) is -1.71. The van der Waals surface area contributed by atoms with E-state index in [-0.39, 0.29) is 5.82 Å². The zero-order valence-corrected chi connectivity index (χ0v) is 16.8. The van der Waals surface area contributed by atoms with Gasteiger partial charge in [0, 0.05) is 12.4 Å². The third-order valence-electron chi connectivity index (χ3n) is 4.17. The van der Waals surface area contributed by atoms with Gasteiger partial charge in [-0.1, -0.05) is 12.1 Å². The van der Waals surface area contributed by atoms with Crippen molar-refractivity contribution >= 4 is 39.5 Å². The molecule has 29 heavy (non-hydrogen) atoms. The van der Waals surface area contributed by atoms with E-state index in [9.17, 15) is 18.8 Å². The normalized spacial score (nSPS) is 11.9. The van der Waals surface area contributed by atoms with Crippen molar-refractivity contribution in [1.82, 2.24) is 20.4 Å². The smallest absolute Gasteiger partial charge is 0.349 e. The van der Waals surface area contributed by atoms with E-state index in [1.54, 1.807) is 22.9 Å². The first-order valence-electron chi connectivity index (χ1n) is 8.73. The van der Waals surface area contributed by atoms with Crippen LogP contribution in [0.15, 0.2) is 30.3 Å². The number of nitrogens with one attached hydrogen (secondary N) is 2. The fraction of sp³-hybridized carbons (Fsp3) is 0.263. The van der Waals surface area contributed by atoms with Gasteiger partial charge < -0.3 is 10.1 Å². The summed E-state index contributed by atoms with van der Waals surface area (Å²) in [5.41, 5.74) is 1.61. The van der Waals surface area contributed by atoms with Crippen molar-refractivity contribution in [3.05, 3.63) is 52.3 Å². The van der Waals surface area contributed by atoms with E-state index in [4.69, 9.17) is 4.74 Å². The third kappa shape index (κ3) is 4.60. The number of thiophene rings is 1. The van der Waals surface area contributed by atoms with Crippen LogP contribution in [0.25, 0.3) is 10.2 Å². The Morgan fingerprint density at radius 3 is 2.62 bits per heavy atom. The number of carbonyl (C=O) groups excluding carboxylic acids is 3. The quantitative estimate of drug-likeness (QED) is 0.620. The summed E-state index contributed by atoms with van der Waals surface area (Å²) >= 11 is 1.19. The zero-order valence-electron chi connectivity index (χ0n) is 16.0. The van der Waals surface area contributed by atoms with Gasteiger partial charge in [-0.15, -0.1) is 11.3 Å². The molecule has 1 atom stereocenters. The number of imide groups is 1. The number of hydrogen-bond donors (Lipinski definition) is 2. The van der Waals surface area contributed by atoms with Gasteiger partial charge in [0.15, 0.2) is 6.10 Å². The molecule has 0 bridgehead atoms. The van der Waals surface area contributed by atoms with Gasteiger partial charge in [-0.05, 0) is 37.6 Å². The molecule has 3 aromatic rings. The van der Waals surface area contributed by atoms with Crippen LogP contribution < -0.4 is 10.6 Å². The molecule has 152 valence electrons. The van der Waals surface area contributed by atoms with Gasteiger partial charge in [-0.2, -0.15) is 5.10 Å². The zero-order chi connectivity index (χ0) is 21.1. The molecule has 2 N–H and O–H groups in total. The minimum atomic E-state index is -1.14. The number of urea groups is 1. The lowest BCUT2D eigenvalue weighted by Crippen LogP contribution is -2.43. The largest absolute Gasteiger partial charge is 0.448 e. The Balaban J connectivity index is 1.77. The van der Waals surface area contributed by atoms with Crippen LogP contribution in [0.5, 0.6) is 0 Å². The number of nitrogens with zero attached hydrogens (tertiary/aromatic N) is 2. The fourth-order valence-electron chi connectivity index (χ4n) is 2.63. The maximum atomic E-state index is 13.1. The molecule has 0 aliphatic rings. The van der Waals surface area contributed by atoms with Crippen molar-refractivity contribution in [2.24, 2.45) is 0 Å². The van der Waals surface area contributed by atoms with Crippen molar-refractivity contribution in [1.29, 1.82) is 0 Å². The molecule has 1 aromatic carbocycles. The summed E-state index contributed by atoms with van der Waals surface area (Å²) in [7, 11) is 1.37. The van der Waals surface area contributed by atoms with Crippen molar-refractivity contribution in [3.63, 3.8) is 0 Å². The van der Waals surface area contributed by atoms with E-state index in [2.05, 4.69) is 15.7 Å². The highest BCUT2D eigenvalue weighted by Gasteiger charge is 2.23. The van der Waals surface area contributed by atoms with Gasteiger partial charge in [0.25, 0.3) is 5.91 Å². The Kier molecular flexibility index (Phi) is 5.92. The molecule has 3 rings (SSSR count). The van der Waals surface area contributed by atoms with E-state index >= 15 is 0 Å². The second-order valence-electron chi connectivity index (χ2n) is 6.31. The number of ether oxygens (including phenoxy) is 1. The molecule has 0 spiro atoms. The number of halogens is 1. The van der Waals surface area contributed by atoms with E-state index in [0.29, 0.717) is 11.4 Å². The predicted octanol–water partition coefficient (Wildman–Crippen LogP) is 2.59. The van der Waals surface area contributed by atoms with Crippen LogP contribution in [0.2, 0.25) is 0 Å². The molecule has 2 heterocycles. The average molecular weight is 418 g/mol. The lowest BCUT2D eigenvalue weighted by molar-refractivity contribution is -0.127. The Bertz CT molecular complexity index is 1070. The number of amides is 3. The monoisotopic (exact) mass is 418 g/mol. The second-order valence-corrected chi connectivity index (χ2v) is 7.35. The number of esters is 1. The SMILES string of the molecule is CNC(=O)NC(=O)[C@@H](C)OC(=O)c1cc2c(C)nn(Cc3ccc(F)cc3)c2s1. The number of carbonyl (C=O) groups is 3. The molecule has 0 fully saturated rings. The van der Waals surface area contributed by atoms with Gasteiger partial charge in [-0.3, -0.25) is 14.8 Å². The Hall–Kier alpha value is -3.27. The van der Waals surface area contributed by atoms with E-state index in [1.807, 2.05) is 6.92 Å². The number of benzene rings is 1. The van der Waals surface area contributed by atoms with Crippen LogP contribution >= 0.6 is 11.3 Å². The van der Waals surface area contributed by atoms with Crippen LogP contribution in [-0.4, -0.2) is 40.8 Å². The van der Waals surface area contributed by atoms with Crippen LogP contribution in [0.3, 0.4) is 0 Å².